The fourth-order valence-electron chi connectivity index (χ4n) is 5.50. The van der Waals surface area contributed by atoms with Crippen LogP contribution in [0.1, 0.15) is 118 Å². The highest BCUT2D eigenvalue weighted by molar-refractivity contribution is 5.69. The number of ether oxygens (including phenoxy) is 1. The predicted molar refractivity (Wildman–Crippen MR) is 132 cm³/mol. The summed E-state index contributed by atoms with van der Waals surface area (Å²) in [5.74, 6) is 0.153. The van der Waals surface area contributed by atoms with Gasteiger partial charge in [-0.3, -0.25) is 9.63 Å². The molecule has 1 aromatic rings. The molecular formula is C28H47NO3. The Balaban J connectivity index is 2.14. The first-order valence-corrected chi connectivity index (χ1v) is 12.9. The van der Waals surface area contributed by atoms with Crippen molar-refractivity contribution in [3.8, 4) is 0 Å². The van der Waals surface area contributed by atoms with Crippen LogP contribution in [0.25, 0.3) is 0 Å². The highest BCUT2D eigenvalue weighted by atomic mass is 16.7. The van der Waals surface area contributed by atoms with E-state index in [0.717, 1.165) is 32.1 Å². The summed E-state index contributed by atoms with van der Waals surface area (Å²) in [7, 11) is 0. The molecule has 0 amide bonds. The lowest BCUT2D eigenvalue weighted by molar-refractivity contribution is -0.337. The molecule has 2 rings (SSSR count). The number of carbonyl (C=O) groups excluding carboxylic acids is 1. The third kappa shape index (κ3) is 6.35. The molecule has 0 spiro atoms. The Morgan fingerprint density at radius 2 is 1.69 bits per heavy atom. The molecule has 1 heterocycles. The van der Waals surface area contributed by atoms with Crippen molar-refractivity contribution in [3.63, 3.8) is 0 Å². The van der Waals surface area contributed by atoms with Gasteiger partial charge in [0.25, 0.3) is 0 Å². The van der Waals surface area contributed by atoms with E-state index in [0.29, 0.717) is 6.42 Å². The summed E-state index contributed by atoms with van der Waals surface area (Å²) in [5, 5.41) is 2.26. The molecule has 1 aliphatic rings. The summed E-state index contributed by atoms with van der Waals surface area (Å²) in [5.41, 5.74) is 0.749. The molecule has 1 aliphatic heterocycles. The van der Waals surface area contributed by atoms with Crippen LogP contribution in [0.3, 0.4) is 0 Å². The number of benzene rings is 1. The molecule has 1 aromatic carbocycles. The summed E-state index contributed by atoms with van der Waals surface area (Å²) in [6.45, 7) is 15.5. The van der Waals surface area contributed by atoms with Crippen molar-refractivity contribution in [2.24, 2.45) is 5.92 Å². The van der Waals surface area contributed by atoms with Gasteiger partial charge in [-0.2, -0.15) is 5.06 Å². The minimum atomic E-state index is -0.242. The number of piperidine rings is 1. The summed E-state index contributed by atoms with van der Waals surface area (Å²) < 4.78 is 6.12. The lowest BCUT2D eigenvalue weighted by atomic mass is 9.68. The number of nitrogens with zero attached hydrogens (tertiary/aromatic N) is 1. The molecule has 0 saturated carbocycles. The van der Waals surface area contributed by atoms with Crippen LogP contribution in [-0.2, 0) is 14.4 Å². The zero-order valence-electron chi connectivity index (χ0n) is 21.7. The highest BCUT2D eigenvalue weighted by Crippen LogP contribution is 2.48. The first-order valence-electron chi connectivity index (χ1n) is 12.9. The average Bonchev–Trinajstić information content (AvgIpc) is 2.78. The monoisotopic (exact) mass is 445 g/mol. The smallest absolute Gasteiger partial charge is 0.306 e. The quantitative estimate of drug-likeness (QED) is 0.245. The normalized spacial score (nSPS) is 23.6. The minimum absolute atomic E-state index is 0.0395. The third-order valence-electron chi connectivity index (χ3n) is 7.58. The van der Waals surface area contributed by atoms with Gasteiger partial charge in [-0.1, -0.05) is 83.7 Å². The molecule has 32 heavy (non-hydrogen) atoms. The van der Waals surface area contributed by atoms with E-state index < -0.39 is 0 Å². The van der Waals surface area contributed by atoms with Gasteiger partial charge >= 0.3 is 5.97 Å². The highest BCUT2D eigenvalue weighted by Gasteiger charge is 2.55. The Bertz CT molecular complexity index is 683. The molecule has 1 fully saturated rings. The second-order valence-electron chi connectivity index (χ2n) is 10.3. The van der Waals surface area contributed by atoms with Gasteiger partial charge in [-0.15, -0.1) is 0 Å². The Morgan fingerprint density at radius 3 is 2.28 bits per heavy atom. The number of hydroxylamine groups is 2. The van der Waals surface area contributed by atoms with Crippen molar-refractivity contribution in [1.82, 2.24) is 5.06 Å². The molecule has 0 N–H and O–H groups in total. The Hall–Kier alpha value is -1.39. The lowest BCUT2D eigenvalue weighted by Gasteiger charge is -2.59. The second-order valence-corrected chi connectivity index (χ2v) is 10.3. The van der Waals surface area contributed by atoms with Crippen molar-refractivity contribution in [3.05, 3.63) is 35.9 Å². The topological polar surface area (TPSA) is 38.8 Å². The minimum Gasteiger partial charge on any atom is -0.462 e. The van der Waals surface area contributed by atoms with E-state index in [4.69, 9.17) is 9.57 Å². The number of hydrogen-bond donors (Lipinski definition) is 0. The van der Waals surface area contributed by atoms with E-state index in [2.05, 4.69) is 77.8 Å². The SMILES string of the molecule is CCCCCCCC(=O)OC1CC(C)(C)N(OC(C)c2ccccc2)C(CC)(CC)C1C. The maximum atomic E-state index is 12.7. The molecule has 3 unspecified atom stereocenters. The molecule has 0 radical (unpaired) electrons. The van der Waals surface area contributed by atoms with Gasteiger partial charge in [0.05, 0.1) is 5.54 Å². The van der Waals surface area contributed by atoms with E-state index >= 15 is 0 Å². The van der Waals surface area contributed by atoms with E-state index in [1.807, 2.05) is 6.07 Å². The van der Waals surface area contributed by atoms with Gasteiger partial charge in [0.15, 0.2) is 0 Å². The standard InChI is InChI=1S/C28H47NO3/c1-8-11-12-13-17-20-26(30)31-25-21-27(6,7)29(28(9-2,10-3)22(25)4)32-23(5)24-18-15-14-16-19-24/h14-16,18-19,22-23,25H,8-13,17,20-21H2,1-7H3. The molecule has 0 aromatic heterocycles. The number of carbonyl (C=O) groups is 1. The Labute approximate surface area is 197 Å². The zero-order chi connectivity index (χ0) is 23.8. The predicted octanol–water partition coefficient (Wildman–Crippen LogP) is 7.63. The van der Waals surface area contributed by atoms with Crippen LogP contribution in [0.5, 0.6) is 0 Å². The maximum absolute atomic E-state index is 12.7. The first kappa shape index (κ1) is 26.9. The van der Waals surface area contributed by atoms with Gasteiger partial charge in [0.1, 0.15) is 12.2 Å². The molecule has 0 aliphatic carbocycles. The molecule has 3 atom stereocenters. The van der Waals surface area contributed by atoms with Crippen molar-refractivity contribution in [2.45, 2.75) is 130 Å². The Kier molecular flexibility index (Phi) is 10.2. The fraction of sp³-hybridized carbons (Fsp3) is 0.750. The summed E-state index contributed by atoms with van der Waals surface area (Å²) in [6, 6.07) is 10.4. The largest absolute Gasteiger partial charge is 0.462 e. The average molecular weight is 446 g/mol. The van der Waals surface area contributed by atoms with Gasteiger partial charge in [-0.05, 0) is 45.6 Å². The van der Waals surface area contributed by atoms with Crippen molar-refractivity contribution < 1.29 is 14.4 Å². The van der Waals surface area contributed by atoms with Crippen molar-refractivity contribution >= 4 is 5.97 Å². The summed E-state index contributed by atoms with van der Waals surface area (Å²) >= 11 is 0. The van der Waals surface area contributed by atoms with E-state index in [1.165, 1.54) is 24.8 Å². The molecule has 182 valence electrons. The maximum Gasteiger partial charge on any atom is 0.306 e. The van der Waals surface area contributed by atoms with Crippen molar-refractivity contribution in [2.75, 3.05) is 0 Å². The Morgan fingerprint density at radius 1 is 1.06 bits per heavy atom. The second kappa shape index (κ2) is 12.2. The van der Waals surface area contributed by atoms with E-state index in [9.17, 15) is 4.79 Å². The molecule has 1 saturated heterocycles. The summed E-state index contributed by atoms with van der Waals surface area (Å²) in [4.78, 5) is 19.4. The van der Waals surface area contributed by atoms with Crippen LogP contribution in [0.2, 0.25) is 0 Å². The summed E-state index contributed by atoms with van der Waals surface area (Å²) in [6.07, 6.45) is 8.79. The third-order valence-corrected chi connectivity index (χ3v) is 7.58. The molecule has 4 nitrogen and oxygen atoms in total. The van der Waals surface area contributed by atoms with Gasteiger partial charge in [0.2, 0.25) is 0 Å². The van der Waals surface area contributed by atoms with Crippen LogP contribution < -0.4 is 0 Å². The number of unbranched alkanes of at least 4 members (excludes halogenated alkanes) is 4. The fourth-order valence-corrected chi connectivity index (χ4v) is 5.50. The molecule has 4 heteroatoms. The molecule has 0 bridgehead atoms. The molecular weight excluding hydrogens is 398 g/mol. The first-order chi connectivity index (χ1) is 15.2. The number of hydrogen-bond acceptors (Lipinski definition) is 4. The van der Waals surface area contributed by atoms with E-state index in [-0.39, 0.29) is 35.2 Å². The van der Waals surface area contributed by atoms with Crippen LogP contribution in [0.15, 0.2) is 30.3 Å². The zero-order valence-corrected chi connectivity index (χ0v) is 21.7. The van der Waals surface area contributed by atoms with E-state index in [1.54, 1.807) is 0 Å². The lowest BCUT2D eigenvalue weighted by Crippen LogP contribution is -2.68. The van der Waals surface area contributed by atoms with Crippen LogP contribution in [0.4, 0.5) is 0 Å². The number of rotatable bonds is 12. The van der Waals surface area contributed by atoms with Gasteiger partial charge < -0.3 is 4.74 Å². The van der Waals surface area contributed by atoms with Crippen LogP contribution in [-0.4, -0.2) is 28.2 Å². The van der Waals surface area contributed by atoms with Crippen LogP contribution in [0, 0.1) is 5.92 Å². The van der Waals surface area contributed by atoms with Gasteiger partial charge in [0, 0.05) is 24.3 Å². The van der Waals surface area contributed by atoms with Gasteiger partial charge in [-0.25, -0.2) is 0 Å². The van der Waals surface area contributed by atoms with Crippen LogP contribution >= 0.6 is 0 Å². The number of esters is 1. The van der Waals surface area contributed by atoms with Crippen molar-refractivity contribution in [1.29, 1.82) is 0 Å².